The predicted molar refractivity (Wildman–Crippen MR) is 59.2 cm³/mol. The van der Waals surface area contributed by atoms with E-state index in [4.69, 9.17) is 4.74 Å². The third-order valence-corrected chi connectivity index (χ3v) is 4.82. The lowest BCUT2D eigenvalue weighted by Gasteiger charge is -2.59. The van der Waals surface area contributed by atoms with E-state index in [1.807, 2.05) is 0 Å². The number of carbonyl (C=O) groups excluding carboxylic acids is 1. The molecule has 0 unspecified atom stereocenters. The summed E-state index contributed by atoms with van der Waals surface area (Å²) in [6.45, 7) is 1.42. The molecule has 94 valence electrons. The molecule has 17 heavy (non-hydrogen) atoms. The minimum absolute atomic E-state index is 0.271. The highest BCUT2D eigenvalue weighted by atomic mass is 16.6. The van der Waals surface area contributed by atoms with Crippen LogP contribution in [0.25, 0.3) is 0 Å². The first-order valence-corrected chi connectivity index (χ1v) is 6.36. The first kappa shape index (κ1) is 11.1. The number of hydrogen-bond donors (Lipinski definition) is 1. The van der Waals surface area contributed by atoms with Gasteiger partial charge in [-0.2, -0.15) is 0 Å². The smallest absolute Gasteiger partial charge is 0.309 e. The van der Waals surface area contributed by atoms with Crippen LogP contribution >= 0.6 is 0 Å². The minimum Gasteiger partial charge on any atom is -0.481 e. The van der Waals surface area contributed by atoms with Crippen LogP contribution in [0, 0.1) is 17.3 Å². The Hall–Kier alpha value is -1.06. The molecule has 0 aliphatic heterocycles. The topological polar surface area (TPSA) is 63.6 Å². The van der Waals surface area contributed by atoms with Gasteiger partial charge in [-0.3, -0.25) is 9.59 Å². The van der Waals surface area contributed by atoms with E-state index in [2.05, 4.69) is 0 Å². The van der Waals surface area contributed by atoms with E-state index in [0.29, 0.717) is 18.3 Å². The highest BCUT2D eigenvalue weighted by Gasteiger charge is 2.62. The Balaban J connectivity index is 1.94. The number of hydrogen-bond acceptors (Lipinski definition) is 3. The van der Waals surface area contributed by atoms with Crippen molar-refractivity contribution >= 4 is 11.9 Å². The van der Waals surface area contributed by atoms with Crippen LogP contribution in [0.1, 0.15) is 45.4 Å². The fraction of sp³-hybridized carbons (Fsp3) is 0.846. The standard InChI is InChI=1S/C13H18O4/c1-8(14)17-13-5-9-2-10(6-13)4-12(3-9,7-13)11(15)16/h9-10H,2-7H2,1H3,(H,15,16)/t9-,10-,12?,13?/m1/s1. The molecule has 4 aliphatic rings. The van der Waals surface area contributed by atoms with Gasteiger partial charge in [0.1, 0.15) is 5.60 Å². The third kappa shape index (κ3) is 1.57. The second-order valence-electron chi connectivity index (χ2n) is 6.32. The van der Waals surface area contributed by atoms with Crippen molar-refractivity contribution in [3.05, 3.63) is 0 Å². The quantitative estimate of drug-likeness (QED) is 0.747. The highest BCUT2D eigenvalue weighted by molar-refractivity contribution is 5.76. The Morgan fingerprint density at radius 1 is 1.18 bits per heavy atom. The molecule has 0 radical (unpaired) electrons. The van der Waals surface area contributed by atoms with Gasteiger partial charge in [0.15, 0.2) is 0 Å². The van der Waals surface area contributed by atoms with Crippen molar-refractivity contribution in [2.24, 2.45) is 17.3 Å². The van der Waals surface area contributed by atoms with Crippen molar-refractivity contribution in [3.8, 4) is 0 Å². The Kier molecular flexibility index (Phi) is 2.11. The number of carbonyl (C=O) groups is 2. The van der Waals surface area contributed by atoms with Gasteiger partial charge in [-0.1, -0.05) is 0 Å². The van der Waals surface area contributed by atoms with Crippen molar-refractivity contribution in [2.45, 2.75) is 51.0 Å². The highest BCUT2D eigenvalue weighted by Crippen LogP contribution is 2.62. The lowest BCUT2D eigenvalue weighted by molar-refractivity contribution is -0.208. The Bertz CT molecular complexity index is 373. The fourth-order valence-electron chi connectivity index (χ4n) is 4.85. The van der Waals surface area contributed by atoms with Crippen molar-refractivity contribution in [1.82, 2.24) is 0 Å². The van der Waals surface area contributed by atoms with Crippen molar-refractivity contribution < 1.29 is 19.4 Å². The summed E-state index contributed by atoms with van der Waals surface area (Å²) < 4.78 is 5.52. The average molecular weight is 238 g/mol. The molecule has 0 aromatic rings. The molecule has 4 nitrogen and oxygen atoms in total. The zero-order valence-corrected chi connectivity index (χ0v) is 10.1. The molecule has 0 aromatic heterocycles. The van der Waals surface area contributed by atoms with Gasteiger partial charge in [0.05, 0.1) is 5.41 Å². The van der Waals surface area contributed by atoms with Gasteiger partial charge in [-0.25, -0.2) is 0 Å². The third-order valence-electron chi connectivity index (χ3n) is 4.82. The van der Waals surface area contributed by atoms with E-state index < -0.39 is 17.0 Å². The summed E-state index contributed by atoms with van der Waals surface area (Å²) >= 11 is 0. The molecule has 0 aromatic carbocycles. The molecule has 4 heteroatoms. The summed E-state index contributed by atoms with van der Waals surface area (Å²) in [6.07, 6.45) is 4.96. The molecule has 0 amide bonds. The average Bonchev–Trinajstić information content (AvgIpc) is 2.12. The number of carboxylic acid groups (broad SMARTS) is 1. The van der Waals surface area contributed by atoms with E-state index in [1.165, 1.54) is 6.92 Å². The Morgan fingerprint density at radius 2 is 1.76 bits per heavy atom. The summed E-state index contributed by atoms with van der Waals surface area (Å²) in [5.41, 5.74) is -1.08. The van der Waals surface area contributed by atoms with Crippen LogP contribution in [0.3, 0.4) is 0 Å². The van der Waals surface area contributed by atoms with Gasteiger partial charge in [0.25, 0.3) is 0 Å². The second kappa shape index (κ2) is 3.24. The van der Waals surface area contributed by atoms with Crippen LogP contribution < -0.4 is 0 Å². The number of aliphatic carboxylic acids is 1. The molecular weight excluding hydrogens is 220 g/mol. The van der Waals surface area contributed by atoms with Gasteiger partial charge in [-0.15, -0.1) is 0 Å². The van der Waals surface area contributed by atoms with Crippen LogP contribution in [-0.4, -0.2) is 22.6 Å². The van der Waals surface area contributed by atoms with Crippen molar-refractivity contribution in [2.75, 3.05) is 0 Å². The summed E-state index contributed by atoms with van der Waals surface area (Å²) in [6, 6.07) is 0. The van der Waals surface area contributed by atoms with Gasteiger partial charge >= 0.3 is 11.9 Å². The molecule has 4 fully saturated rings. The monoisotopic (exact) mass is 238 g/mol. The zero-order valence-electron chi connectivity index (χ0n) is 10.1. The molecule has 4 bridgehead atoms. The molecule has 4 rings (SSSR count). The molecule has 2 atom stereocenters. The summed E-state index contributed by atoms with van der Waals surface area (Å²) in [5, 5.41) is 9.49. The normalized spacial score (nSPS) is 46.9. The van der Waals surface area contributed by atoms with Crippen LogP contribution in [0.5, 0.6) is 0 Å². The number of esters is 1. The van der Waals surface area contributed by atoms with E-state index in [-0.39, 0.29) is 5.97 Å². The maximum absolute atomic E-state index is 11.5. The van der Waals surface area contributed by atoms with E-state index >= 15 is 0 Å². The van der Waals surface area contributed by atoms with Crippen LogP contribution in [-0.2, 0) is 14.3 Å². The predicted octanol–water partition coefficient (Wildman–Crippen LogP) is 1.97. The summed E-state index contributed by atoms with van der Waals surface area (Å²) in [7, 11) is 0. The SMILES string of the molecule is CC(=O)OC12C[C@@H]3C[C@@H](C1)CC(C(=O)O)(C3)C2. The Morgan fingerprint density at radius 3 is 2.24 bits per heavy atom. The van der Waals surface area contributed by atoms with Crippen LogP contribution in [0.2, 0.25) is 0 Å². The lowest BCUT2D eigenvalue weighted by Crippen LogP contribution is -2.59. The zero-order chi connectivity index (χ0) is 12.3. The molecule has 4 aliphatic carbocycles. The second-order valence-corrected chi connectivity index (χ2v) is 6.32. The van der Waals surface area contributed by atoms with Crippen LogP contribution in [0.4, 0.5) is 0 Å². The van der Waals surface area contributed by atoms with E-state index in [0.717, 1.165) is 32.1 Å². The van der Waals surface area contributed by atoms with Crippen LogP contribution in [0.15, 0.2) is 0 Å². The maximum atomic E-state index is 11.5. The van der Waals surface area contributed by atoms with Crippen molar-refractivity contribution in [1.29, 1.82) is 0 Å². The summed E-state index contributed by atoms with van der Waals surface area (Å²) in [5.74, 6) is -0.0889. The van der Waals surface area contributed by atoms with Gasteiger partial charge < -0.3 is 9.84 Å². The molecule has 1 N–H and O–H groups in total. The van der Waals surface area contributed by atoms with Gasteiger partial charge in [0.2, 0.25) is 0 Å². The molecule has 4 saturated carbocycles. The molecule has 0 spiro atoms. The maximum Gasteiger partial charge on any atom is 0.309 e. The number of carboxylic acids is 1. The van der Waals surface area contributed by atoms with E-state index in [9.17, 15) is 14.7 Å². The molecular formula is C13H18O4. The first-order valence-electron chi connectivity index (χ1n) is 6.36. The fourth-order valence-corrected chi connectivity index (χ4v) is 4.85. The number of ether oxygens (including phenoxy) is 1. The molecule has 0 heterocycles. The first-order chi connectivity index (χ1) is 7.93. The van der Waals surface area contributed by atoms with Gasteiger partial charge in [-0.05, 0) is 43.9 Å². The van der Waals surface area contributed by atoms with Crippen molar-refractivity contribution in [3.63, 3.8) is 0 Å². The minimum atomic E-state index is -0.692. The number of rotatable bonds is 2. The van der Waals surface area contributed by atoms with Gasteiger partial charge in [0, 0.05) is 13.3 Å². The largest absolute Gasteiger partial charge is 0.481 e. The Labute approximate surface area is 100 Å². The summed E-state index contributed by atoms with van der Waals surface area (Å²) in [4.78, 5) is 22.8. The molecule has 0 saturated heterocycles. The van der Waals surface area contributed by atoms with E-state index in [1.54, 1.807) is 0 Å². The lowest BCUT2D eigenvalue weighted by atomic mass is 9.48.